The van der Waals surface area contributed by atoms with Crippen LogP contribution < -0.4 is 0 Å². The number of hydrogen-bond acceptors (Lipinski definition) is 2. The van der Waals surface area contributed by atoms with Crippen LogP contribution in [0.3, 0.4) is 0 Å². The van der Waals surface area contributed by atoms with Gasteiger partial charge in [-0.3, -0.25) is 4.52 Å². The zero-order valence-corrected chi connectivity index (χ0v) is 8.49. The first-order chi connectivity index (χ1) is 5.83. The van der Waals surface area contributed by atoms with Crippen molar-refractivity contribution in [2.24, 2.45) is 0 Å². The lowest BCUT2D eigenvalue weighted by Crippen LogP contribution is -2.29. The zero-order valence-electron chi connectivity index (χ0n) is 7.60. The van der Waals surface area contributed by atoms with E-state index in [1.165, 1.54) is 0 Å². The predicted octanol–water partition coefficient (Wildman–Crippen LogP) is 1.76. The second kappa shape index (κ2) is 3.39. The Balaban J connectivity index is 2.84. The van der Waals surface area contributed by atoms with Crippen LogP contribution in [0.4, 0.5) is 0 Å². The first-order valence-electron chi connectivity index (χ1n) is 3.94. The van der Waals surface area contributed by atoms with Crippen molar-refractivity contribution in [3.05, 3.63) is 23.8 Å². The Bertz CT molecular complexity index is 301. The number of phosphoric ester groups is 1. The number of hydrogen-bond donors (Lipinski definition) is 2. The summed E-state index contributed by atoms with van der Waals surface area (Å²) in [5.74, 6) is 0. The summed E-state index contributed by atoms with van der Waals surface area (Å²) in [7, 11) is -4.41. The summed E-state index contributed by atoms with van der Waals surface area (Å²) in [6, 6.07) is 0. The molecule has 0 bridgehead atoms. The summed E-state index contributed by atoms with van der Waals surface area (Å²) in [6.07, 6.45) is 5.95. The van der Waals surface area contributed by atoms with Crippen molar-refractivity contribution in [1.82, 2.24) is 0 Å². The van der Waals surface area contributed by atoms with Gasteiger partial charge in [0.1, 0.15) is 5.60 Å². The Morgan fingerprint density at radius 1 is 1.62 bits per heavy atom. The van der Waals surface area contributed by atoms with Crippen LogP contribution in [0.15, 0.2) is 23.8 Å². The smallest absolute Gasteiger partial charge is 0.303 e. The lowest BCUT2D eigenvalue weighted by molar-refractivity contribution is 0.0805. The molecule has 2 N–H and O–H groups in total. The average Bonchev–Trinajstić information content (AvgIpc) is 1.92. The quantitative estimate of drug-likeness (QED) is 0.672. The fraction of sp³-hybridized carbons (Fsp3) is 0.500. The standard InChI is InChI=1S/C8H13O4P/c1-7-5-3-4-6-8(7,2)12-13(9,10)11/h3-5H,6H2,1-2H3,(H2,9,10,11). The molecule has 13 heavy (non-hydrogen) atoms. The molecule has 0 spiro atoms. The van der Waals surface area contributed by atoms with Crippen molar-refractivity contribution in [2.75, 3.05) is 0 Å². The Morgan fingerprint density at radius 2 is 2.23 bits per heavy atom. The van der Waals surface area contributed by atoms with Crippen molar-refractivity contribution in [3.63, 3.8) is 0 Å². The third kappa shape index (κ3) is 2.78. The first-order valence-corrected chi connectivity index (χ1v) is 5.47. The minimum atomic E-state index is -4.41. The van der Waals surface area contributed by atoms with E-state index in [2.05, 4.69) is 0 Å². The molecule has 0 radical (unpaired) electrons. The molecular weight excluding hydrogens is 191 g/mol. The van der Waals surface area contributed by atoms with Crippen LogP contribution in [0.2, 0.25) is 0 Å². The molecule has 1 aliphatic rings. The van der Waals surface area contributed by atoms with E-state index >= 15 is 0 Å². The Morgan fingerprint density at radius 3 is 2.69 bits per heavy atom. The molecule has 0 amide bonds. The lowest BCUT2D eigenvalue weighted by atomic mass is 9.90. The minimum absolute atomic E-state index is 0.487. The first kappa shape index (κ1) is 10.7. The molecule has 0 aliphatic heterocycles. The third-order valence-electron chi connectivity index (χ3n) is 2.14. The number of rotatable bonds is 2. The molecule has 1 unspecified atom stereocenters. The zero-order chi connectivity index (χ0) is 10.1. The van der Waals surface area contributed by atoms with Gasteiger partial charge in [-0.25, -0.2) is 4.57 Å². The Hall–Kier alpha value is -0.410. The van der Waals surface area contributed by atoms with Crippen LogP contribution in [0.1, 0.15) is 20.3 Å². The van der Waals surface area contributed by atoms with Gasteiger partial charge in [0, 0.05) is 0 Å². The second-order valence-corrected chi connectivity index (χ2v) is 4.46. The maximum atomic E-state index is 10.7. The van der Waals surface area contributed by atoms with Gasteiger partial charge >= 0.3 is 7.82 Å². The molecule has 74 valence electrons. The molecule has 0 aromatic rings. The van der Waals surface area contributed by atoms with Crippen molar-refractivity contribution in [3.8, 4) is 0 Å². The van der Waals surface area contributed by atoms with E-state index < -0.39 is 13.4 Å². The summed E-state index contributed by atoms with van der Waals surface area (Å²) >= 11 is 0. The van der Waals surface area contributed by atoms with Gasteiger partial charge in [-0.15, -0.1) is 0 Å². The molecule has 0 aromatic heterocycles. The normalized spacial score (nSPS) is 28.8. The summed E-state index contributed by atoms with van der Waals surface area (Å²) < 4.78 is 15.4. The largest absolute Gasteiger partial charge is 0.470 e. The van der Waals surface area contributed by atoms with Crippen molar-refractivity contribution < 1.29 is 18.9 Å². The topological polar surface area (TPSA) is 66.8 Å². The van der Waals surface area contributed by atoms with E-state index in [1.54, 1.807) is 19.9 Å². The summed E-state index contributed by atoms with van der Waals surface area (Å²) in [4.78, 5) is 17.4. The minimum Gasteiger partial charge on any atom is -0.303 e. The molecule has 1 aliphatic carbocycles. The van der Waals surface area contributed by atoms with Gasteiger partial charge in [0.25, 0.3) is 0 Å². The molecule has 0 aromatic carbocycles. The monoisotopic (exact) mass is 204 g/mol. The van der Waals surface area contributed by atoms with Gasteiger partial charge < -0.3 is 9.79 Å². The van der Waals surface area contributed by atoms with E-state index in [1.807, 2.05) is 12.2 Å². The molecule has 5 heteroatoms. The maximum Gasteiger partial charge on any atom is 0.470 e. The molecule has 4 nitrogen and oxygen atoms in total. The van der Waals surface area contributed by atoms with E-state index in [0.29, 0.717) is 6.42 Å². The van der Waals surface area contributed by atoms with Crippen LogP contribution >= 0.6 is 7.82 Å². The highest BCUT2D eigenvalue weighted by Gasteiger charge is 2.34. The Labute approximate surface area is 77.2 Å². The van der Waals surface area contributed by atoms with Crippen molar-refractivity contribution in [1.29, 1.82) is 0 Å². The van der Waals surface area contributed by atoms with Gasteiger partial charge in [0.2, 0.25) is 0 Å². The van der Waals surface area contributed by atoms with Crippen LogP contribution in [-0.2, 0) is 9.09 Å². The second-order valence-electron chi connectivity index (χ2n) is 3.29. The van der Waals surface area contributed by atoms with Crippen molar-refractivity contribution in [2.45, 2.75) is 25.9 Å². The van der Waals surface area contributed by atoms with Gasteiger partial charge in [0.15, 0.2) is 0 Å². The molecule has 0 heterocycles. The molecule has 0 saturated heterocycles. The summed E-state index contributed by atoms with van der Waals surface area (Å²) in [5.41, 5.74) is -0.0494. The van der Waals surface area contributed by atoms with Gasteiger partial charge in [-0.1, -0.05) is 18.2 Å². The van der Waals surface area contributed by atoms with Crippen LogP contribution in [0.5, 0.6) is 0 Å². The highest BCUT2D eigenvalue weighted by Crippen LogP contribution is 2.45. The van der Waals surface area contributed by atoms with E-state index in [9.17, 15) is 4.57 Å². The van der Waals surface area contributed by atoms with Crippen LogP contribution in [0, 0.1) is 0 Å². The van der Waals surface area contributed by atoms with E-state index in [0.717, 1.165) is 5.57 Å². The van der Waals surface area contributed by atoms with E-state index in [-0.39, 0.29) is 0 Å². The Kier molecular flexibility index (Phi) is 2.78. The van der Waals surface area contributed by atoms with Crippen LogP contribution in [-0.4, -0.2) is 15.4 Å². The fourth-order valence-corrected chi connectivity index (χ4v) is 1.96. The molecule has 1 atom stereocenters. The van der Waals surface area contributed by atoms with E-state index in [4.69, 9.17) is 14.3 Å². The fourth-order valence-electron chi connectivity index (χ4n) is 1.21. The predicted molar refractivity (Wildman–Crippen MR) is 49.0 cm³/mol. The van der Waals surface area contributed by atoms with Gasteiger partial charge in [-0.05, 0) is 25.8 Å². The highest BCUT2D eigenvalue weighted by atomic mass is 31.2. The summed E-state index contributed by atoms with van der Waals surface area (Å²) in [5, 5.41) is 0. The lowest BCUT2D eigenvalue weighted by Gasteiger charge is -2.31. The molecular formula is C8H13O4P. The van der Waals surface area contributed by atoms with Gasteiger partial charge in [-0.2, -0.15) is 0 Å². The average molecular weight is 204 g/mol. The van der Waals surface area contributed by atoms with Crippen LogP contribution in [0.25, 0.3) is 0 Å². The number of phosphoric acid groups is 1. The summed E-state index contributed by atoms with van der Waals surface area (Å²) in [6.45, 7) is 3.46. The molecule has 1 rings (SSSR count). The highest BCUT2D eigenvalue weighted by molar-refractivity contribution is 7.46. The molecule has 0 saturated carbocycles. The number of allylic oxidation sites excluding steroid dienone is 2. The maximum absolute atomic E-state index is 10.7. The third-order valence-corrected chi connectivity index (χ3v) is 2.79. The van der Waals surface area contributed by atoms with Crippen molar-refractivity contribution >= 4 is 7.82 Å². The SMILES string of the molecule is CC1=CC=CCC1(C)OP(=O)(O)O. The van der Waals surface area contributed by atoms with Gasteiger partial charge in [0.05, 0.1) is 0 Å². The molecule has 0 fully saturated rings.